The first-order valence-corrected chi connectivity index (χ1v) is 47.3. The van der Waals surface area contributed by atoms with Gasteiger partial charge in [0.05, 0.1) is 20.8 Å². The summed E-state index contributed by atoms with van der Waals surface area (Å²) >= 11 is 0. The monoisotopic (exact) mass is 1950 g/mol. The minimum atomic E-state index is -1.63. The van der Waals surface area contributed by atoms with Gasteiger partial charge in [-0.15, -0.1) is 0 Å². The predicted molar refractivity (Wildman–Crippen MR) is 515 cm³/mol. The zero-order chi connectivity index (χ0) is 103. The lowest BCUT2D eigenvalue weighted by Crippen LogP contribution is -2.60. The Bertz CT molecular complexity index is 4750. The number of rotatable bonds is 36. The Kier molecular flexibility index (Phi) is 43.6. The van der Waals surface area contributed by atoms with Crippen LogP contribution in [-0.4, -0.2) is 275 Å². The number of benzene rings is 4. The molecular weight excluding hydrogens is 1800 g/mol. The van der Waals surface area contributed by atoms with Crippen LogP contribution >= 0.6 is 0 Å². The van der Waals surface area contributed by atoms with E-state index in [1.807, 2.05) is 109 Å². The molecule has 4 fully saturated rings. The minimum Gasteiger partial charge on any atom is -0.480 e. The van der Waals surface area contributed by atoms with Gasteiger partial charge < -0.3 is 116 Å². The first-order valence-electron chi connectivity index (χ1n) is 47.3. The number of carboxylic acids is 1. The number of aliphatic carboxylic acids is 1. The number of methoxy groups -OCH3 is 2. The van der Waals surface area contributed by atoms with Crippen LogP contribution in [0.2, 0.25) is 0 Å². The molecule has 0 saturated carbocycles. The van der Waals surface area contributed by atoms with E-state index in [0.29, 0.717) is 64.5 Å². The van der Waals surface area contributed by atoms with E-state index < -0.39 is 189 Å². The van der Waals surface area contributed by atoms with E-state index in [2.05, 4.69) is 58.5 Å². The van der Waals surface area contributed by atoms with Crippen LogP contribution in [0.5, 0.6) is 0 Å². The van der Waals surface area contributed by atoms with Crippen molar-refractivity contribution < 1.29 is 120 Å². The molecule has 0 aromatic heterocycles. The molecule has 4 aromatic carbocycles. The highest BCUT2D eigenvalue weighted by atomic mass is 16.6. The molecule has 8 rings (SSSR count). The normalized spacial score (nSPS) is 18.2. The SMILES string of the molecule is CC(C)(C)OC(=O)NCCCC[C@@H](NC(=O)[C@H]1CCCN1C(=O)[C@@H](Cc1ccccc1)NC(=O)[C@@H](Cc1ccccc1)NC(=O)OC(C)(C)C)C(=O)O.COC(=O)C1(NC(=O)OC(C)(C)C)CCN(C(=O)[C@@H](CCCCNC(=O)OC(C)(C)C)NC(=O)[C@H]2CCCN2C(=O)[C@@H](Cc2ccccc2)NC(=O)[C@@H](Cc2ccccc2)NC(=O)OC(C)(C)C)C1.COC(=O)C1(NC(=O)OC(C)(C)C)CCNC1. The van der Waals surface area contributed by atoms with Gasteiger partial charge in [0.2, 0.25) is 41.4 Å². The van der Waals surface area contributed by atoms with Crippen molar-refractivity contribution in [3.8, 4) is 0 Å². The Hall–Kier alpha value is -12.8. The van der Waals surface area contributed by atoms with Crippen molar-refractivity contribution in [2.24, 2.45) is 0 Å². The summed E-state index contributed by atoms with van der Waals surface area (Å²) in [5, 5.41) is 40.0. The van der Waals surface area contributed by atoms with Crippen molar-refractivity contribution in [3.05, 3.63) is 144 Å². The zero-order valence-electron chi connectivity index (χ0n) is 84.2. The van der Waals surface area contributed by atoms with E-state index in [9.17, 15) is 81.8 Å². The Morgan fingerprint density at radius 2 is 0.698 bits per heavy atom. The average Bonchev–Trinajstić information content (AvgIpc) is 1.58. The predicted octanol–water partition coefficient (Wildman–Crippen LogP) is 9.21. The fourth-order valence-electron chi connectivity index (χ4n) is 15.6. The number of hydrogen-bond donors (Lipinski definition) is 12. The molecule has 39 nitrogen and oxygen atoms in total. The largest absolute Gasteiger partial charge is 0.480 e. The van der Waals surface area contributed by atoms with Gasteiger partial charge in [0.25, 0.3) is 0 Å². The Morgan fingerprint density at radius 3 is 1.04 bits per heavy atom. The quantitative estimate of drug-likeness (QED) is 0.0115. The van der Waals surface area contributed by atoms with Gasteiger partial charge in [-0.25, -0.2) is 43.2 Å². The van der Waals surface area contributed by atoms with Gasteiger partial charge in [0.1, 0.15) is 81.9 Å². The van der Waals surface area contributed by atoms with Crippen LogP contribution < -0.4 is 58.5 Å². The molecule has 39 heteroatoms. The van der Waals surface area contributed by atoms with Crippen LogP contribution in [-0.2, 0) is 112 Å². The van der Waals surface area contributed by atoms with Gasteiger partial charge in [-0.2, -0.15) is 0 Å². The number of hydrogen-bond acceptors (Lipinski definition) is 25. The lowest BCUT2D eigenvalue weighted by molar-refractivity contribution is -0.149. The van der Waals surface area contributed by atoms with Crippen molar-refractivity contribution in [2.45, 2.75) is 320 Å². The van der Waals surface area contributed by atoms with E-state index in [1.165, 1.54) is 28.9 Å². The summed E-state index contributed by atoms with van der Waals surface area (Å²) < 4.78 is 41.8. The molecule has 0 spiro atoms. The summed E-state index contributed by atoms with van der Waals surface area (Å²) in [6.07, 6.45) is 0.0136. The topological polar surface area (TPSA) is 509 Å². The lowest BCUT2D eigenvalue weighted by atomic mass is 9.99. The van der Waals surface area contributed by atoms with Crippen molar-refractivity contribution in [3.63, 3.8) is 0 Å². The van der Waals surface area contributed by atoms with Gasteiger partial charge in [0.15, 0.2) is 11.1 Å². The third kappa shape index (κ3) is 41.0. The van der Waals surface area contributed by atoms with Crippen molar-refractivity contribution >= 4 is 95.8 Å². The minimum absolute atomic E-state index is 0.00403. The van der Waals surface area contributed by atoms with Gasteiger partial charge in [0, 0.05) is 71.4 Å². The average molecular weight is 1950 g/mol. The van der Waals surface area contributed by atoms with Crippen LogP contribution in [0.15, 0.2) is 121 Å². The molecule has 0 aliphatic carbocycles. The first-order chi connectivity index (χ1) is 65.0. The highest BCUT2D eigenvalue weighted by Gasteiger charge is 2.52. The maximum atomic E-state index is 14.8. The summed E-state index contributed by atoms with van der Waals surface area (Å²) in [5.74, 6) is -6.47. The highest BCUT2D eigenvalue weighted by molar-refractivity contribution is 5.98. The summed E-state index contributed by atoms with van der Waals surface area (Å²) in [4.78, 5) is 216. The Morgan fingerprint density at radius 1 is 0.374 bits per heavy atom. The summed E-state index contributed by atoms with van der Waals surface area (Å²) in [5.41, 5.74) is -4.08. The third-order valence-corrected chi connectivity index (χ3v) is 21.8. The van der Waals surface area contributed by atoms with Crippen molar-refractivity contribution in [1.29, 1.82) is 0 Å². The molecule has 4 saturated heterocycles. The molecule has 0 bridgehead atoms. The third-order valence-electron chi connectivity index (χ3n) is 21.8. The number of carbonyl (C=O) groups excluding carboxylic acids is 15. The van der Waals surface area contributed by atoms with Gasteiger partial charge >= 0.3 is 54.5 Å². The molecule has 4 aromatic rings. The Balaban J connectivity index is 0.000000372. The molecule has 4 aliphatic rings. The van der Waals surface area contributed by atoms with Gasteiger partial charge in [-0.1, -0.05) is 121 Å². The van der Waals surface area contributed by atoms with Gasteiger partial charge in [-0.05, 0) is 224 Å². The van der Waals surface area contributed by atoms with E-state index in [1.54, 1.807) is 137 Å². The second-order valence-corrected chi connectivity index (χ2v) is 40.8. The maximum absolute atomic E-state index is 14.8. The molecular formula is C100H148N14O25. The lowest BCUT2D eigenvalue weighted by Gasteiger charge is -2.32. The second-order valence-electron chi connectivity index (χ2n) is 40.8. The number of unbranched alkanes of at least 4 members (excludes halogenated alkanes) is 2. The van der Waals surface area contributed by atoms with Crippen molar-refractivity contribution in [2.75, 3.05) is 66.6 Å². The van der Waals surface area contributed by atoms with Crippen LogP contribution in [0.3, 0.4) is 0 Å². The summed E-state index contributed by atoms with van der Waals surface area (Å²) in [7, 11) is 2.48. The Labute approximate surface area is 815 Å². The zero-order valence-corrected chi connectivity index (χ0v) is 84.2. The molecule has 4 aliphatic heterocycles. The summed E-state index contributed by atoms with van der Waals surface area (Å²) in [6, 6.07) is 27.5. The number of carboxylic acid groups (broad SMARTS) is 1. The maximum Gasteiger partial charge on any atom is 0.408 e. The number of esters is 2. The van der Waals surface area contributed by atoms with E-state index in [-0.39, 0.29) is 90.6 Å². The van der Waals surface area contributed by atoms with Crippen molar-refractivity contribution in [1.82, 2.24) is 73.2 Å². The van der Waals surface area contributed by atoms with E-state index in [0.717, 1.165) is 22.3 Å². The molecule has 2 unspecified atom stereocenters. The number of nitrogens with zero attached hydrogens (tertiary/aromatic N) is 3. The fourth-order valence-corrected chi connectivity index (χ4v) is 15.6. The number of amides is 13. The number of alkyl carbamates (subject to hydrolysis) is 6. The second kappa shape index (κ2) is 52.8. The standard InChI is InChI=1S/C50H73N7O12.C39H55N5O9.C11H20N2O4/c1-47(2,3)67-44(63)51-27-18-17-24-35(41(60)56-29-26-50(32-56,43(62)66-10)55-46(65)69-49(7,8)9)52-40(59)38-25-19-28-57(38)42(61)37(31-34-22-15-12-16-23-34)53-39(58)36(30-33-20-13-11-14-21-33)54-45(64)68-48(4,5)6;1-38(2,3)52-36(50)40-22-14-13-20-28(35(48)49)41-33(46)31-21-15-23-44(31)34(47)30(25-27-18-11-8-12-19-27)42-32(45)29(24-26-16-9-7-10-17-26)43-37(51)53-39(4,5)6;1-10(2,3)17-9(15)13-11(8(14)16-4)5-6-12-7-11/h11-16,20-23,35-38H,17-19,24-32H2,1-10H3,(H,51,63)(H,52,59)(H,53,58)(H,54,64)(H,55,65);7-12,16-19,28-31H,13-15,20-25H2,1-6H3,(H,40,50)(H,41,46)(H,42,45)(H,43,51)(H,48,49);12H,5-7H2,1-4H3,(H,13,15)/t35-,36-,37-,38-,50?;28-,29-,30-,31-;/m11./s1. The van der Waals surface area contributed by atoms with Crippen LogP contribution in [0.4, 0.5) is 28.8 Å². The molecule has 768 valence electrons. The number of ether oxygens (including phenoxy) is 8. The molecule has 12 N–H and O–H groups in total. The summed E-state index contributed by atoms with van der Waals surface area (Å²) in [6.45, 7) is 32.7. The number of likely N-dealkylation sites (tertiary alicyclic amines) is 3. The van der Waals surface area contributed by atoms with Gasteiger partial charge in [-0.3, -0.25) is 33.6 Å². The van der Waals surface area contributed by atoms with E-state index >= 15 is 0 Å². The molecule has 0 radical (unpaired) electrons. The van der Waals surface area contributed by atoms with Crippen LogP contribution in [0, 0.1) is 0 Å². The first kappa shape index (κ1) is 115. The molecule has 4 heterocycles. The van der Waals surface area contributed by atoms with Crippen LogP contribution in [0.25, 0.3) is 0 Å². The number of nitrogens with one attached hydrogen (secondary N) is 11. The number of carbonyl (C=O) groups is 16. The van der Waals surface area contributed by atoms with E-state index in [4.69, 9.17) is 37.9 Å². The fraction of sp³-hybridized carbons (Fsp3) is 0.600. The smallest absolute Gasteiger partial charge is 0.408 e. The molecule has 10 atom stereocenters. The molecule has 139 heavy (non-hydrogen) atoms. The highest BCUT2D eigenvalue weighted by Crippen LogP contribution is 2.29. The van der Waals surface area contributed by atoms with Crippen LogP contribution in [0.1, 0.15) is 224 Å². The molecule has 13 amide bonds.